The van der Waals surface area contributed by atoms with Crippen molar-refractivity contribution in [3.05, 3.63) is 0 Å². The molecule has 1 aliphatic heterocycles. The number of carbonyl (C=O) groups is 1. The zero-order valence-corrected chi connectivity index (χ0v) is 18.0. The minimum atomic E-state index is -1.94. The van der Waals surface area contributed by atoms with E-state index in [1.807, 2.05) is 6.92 Å². The molecule has 130 valence electrons. The van der Waals surface area contributed by atoms with Gasteiger partial charge in [0.15, 0.2) is 16.6 Å². The van der Waals surface area contributed by atoms with E-state index in [2.05, 4.69) is 65.7 Å². The Labute approximate surface area is 138 Å². The Bertz CT molecular complexity index is 416. The second-order valence-corrected chi connectivity index (χ2v) is 17.9. The van der Waals surface area contributed by atoms with Crippen LogP contribution in [0.2, 0.25) is 37.8 Å². The molecule has 1 amide bonds. The van der Waals surface area contributed by atoms with Gasteiger partial charge in [0.25, 0.3) is 0 Å². The fraction of sp³-hybridized carbons (Fsp3) is 0.938. The van der Waals surface area contributed by atoms with E-state index in [9.17, 15) is 4.79 Å². The molecule has 3 atom stereocenters. The van der Waals surface area contributed by atoms with Crippen LogP contribution in [0.3, 0.4) is 0 Å². The SMILES string of the molecule is CC(O[Si](C)(C)C(C)(C)C(C)C)[C@H]1C(=O)N[C@@H]1O[Si](C)(C)C. The molecule has 0 aromatic heterocycles. The summed E-state index contributed by atoms with van der Waals surface area (Å²) in [4.78, 5) is 12.0. The molecule has 1 saturated heterocycles. The first-order chi connectivity index (χ1) is 9.69. The molecule has 1 heterocycles. The fourth-order valence-electron chi connectivity index (χ4n) is 2.70. The number of hydrogen-bond donors (Lipinski definition) is 1. The zero-order valence-electron chi connectivity index (χ0n) is 16.0. The standard InChI is InChI=1S/C16H35NO3Si2/c1-11(2)16(4,5)22(9,10)19-12(3)13-14(18)17-15(13)20-21(6,7)8/h11-13,15H,1-10H3,(H,17,18)/t12?,13-,15+/m0/s1. The first-order valence-electron chi connectivity index (χ1n) is 8.35. The quantitative estimate of drug-likeness (QED) is 0.561. The molecule has 0 saturated carbocycles. The summed E-state index contributed by atoms with van der Waals surface area (Å²) in [6, 6.07) is 0. The van der Waals surface area contributed by atoms with Crippen LogP contribution in [0, 0.1) is 11.8 Å². The predicted molar refractivity (Wildman–Crippen MR) is 96.8 cm³/mol. The molecule has 0 spiro atoms. The predicted octanol–water partition coefficient (Wildman–Crippen LogP) is 3.96. The van der Waals surface area contributed by atoms with Crippen molar-refractivity contribution >= 4 is 22.5 Å². The van der Waals surface area contributed by atoms with Crippen LogP contribution in [-0.2, 0) is 13.6 Å². The van der Waals surface area contributed by atoms with Gasteiger partial charge >= 0.3 is 0 Å². The normalized spacial score (nSPS) is 25.0. The summed E-state index contributed by atoms with van der Waals surface area (Å²) in [5.41, 5.74) is 0. The van der Waals surface area contributed by atoms with Crippen molar-refractivity contribution in [2.75, 3.05) is 0 Å². The van der Waals surface area contributed by atoms with Crippen LogP contribution in [0.5, 0.6) is 0 Å². The third-order valence-electron chi connectivity index (χ3n) is 5.38. The lowest BCUT2D eigenvalue weighted by atomic mass is 9.94. The van der Waals surface area contributed by atoms with Crippen LogP contribution in [0.4, 0.5) is 0 Å². The van der Waals surface area contributed by atoms with Crippen LogP contribution < -0.4 is 5.32 Å². The second kappa shape index (κ2) is 6.38. The fourth-order valence-corrected chi connectivity index (χ4v) is 6.43. The molecule has 1 aliphatic rings. The number of carbonyl (C=O) groups excluding carboxylic acids is 1. The van der Waals surface area contributed by atoms with Crippen LogP contribution in [0.25, 0.3) is 0 Å². The third kappa shape index (κ3) is 4.21. The van der Waals surface area contributed by atoms with Crippen LogP contribution >= 0.6 is 0 Å². The highest BCUT2D eigenvalue weighted by molar-refractivity contribution is 6.74. The molecule has 0 aromatic carbocycles. The molecule has 0 radical (unpaired) electrons. The van der Waals surface area contributed by atoms with Gasteiger partial charge in [-0.2, -0.15) is 0 Å². The highest BCUT2D eigenvalue weighted by Gasteiger charge is 2.50. The Kier molecular flexibility index (Phi) is 5.76. The molecular formula is C16H35NO3Si2. The highest BCUT2D eigenvalue weighted by Crippen LogP contribution is 2.45. The number of β-lactam (4-membered cyclic amide) rings is 1. The minimum Gasteiger partial charge on any atom is -0.413 e. The molecular weight excluding hydrogens is 310 g/mol. The van der Waals surface area contributed by atoms with Gasteiger partial charge in [0.1, 0.15) is 12.1 Å². The Morgan fingerprint density at radius 2 is 1.59 bits per heavy atom. The van der Waals surface area contributed by atoms with Crippen molar-refractivity contribution in [1.82, 2.24) is 5.32 Å². The number of rotatable bonds is 7. The van der Waals surface area contributed by atoms with Gasteiger partial charge in [0, 0.05) is 0 Å². The van der Waals surface area contributed by atoms with E-state index in [0.29, 0.717) is 5.92 Å². The molecule has 0 aromatic rings. The van der Waals surface area contributed by atoms with Gasteiger partial charge in [0.05, 0.1) is 6.10 Å². The Hall–Kier alpha value is -0.176. The summed E-state index contributed by atoms with van der Waals surface area (Å²) in [5.74, 6) is 0.426. The molecule has 0 aliphatic carbocycles. The van der Waals surface area contributed by atoms with Gasteiger partial charge in [-0.25, -0.2) is 0 Å². The van der Waals surface area contributed by atoms with Crippen molar-refractivity contribution in [2.24, 2.45) is 11.8 Å². The summed E-state index contributed by atoms with van der Waals surface area (Å²) in [6.45, 7) is 22.0. The smallest absolute Gasteiger partial charge is 0.232 e. The van der Waals surface area contributed by atoms with Crippen LogP contribution in [0.15, 0.2) is 0 Å². The molecule has 1 fully saturated rings. The Morgan fingerprint density at radius 3 is 1.95 bits per heavy atom. The lowest BCUT2D eigenvalue weighted by Crippen LogP contribution is -2.66. The van der Waals surface area contributed by atoms with E-state index in [1.54, 1.807) is 0 Å². The molecule has 1 N–H and O–H groups in total. The summed E-state index contributed by atoms with van der Waals surface area (Å²) in [7, 11) is -3.62. The largest absolute Gasteiger partial charge is 0.413 e. The van der Waals surface area contributed by atoms with Gasteiger partial charge in [-0.1, -0.05) is 27.7 Å². The third-order valence-corrected chi connectivity index (χ3v) is 11.0. The van der Waals surface area contributed by atoms with Gasteiger partial charge in [-0.3, -0.25) is 4.79 Å². The summed E-state index contributed by atoms with van der Waals surface area (Å²) in [6.07, 6.45) is -0.282. The molecule has 6 heteroatoms. The Morgan fingerprint density at radius 1 is 1.09 bits per heavy atom. The molecule has 22 heavy (non-hydrogen) atoms. The second-order valence-electron chi connectivity index (χ2n) is 8.89. The Balaban J connectivity index is 2.79. The van der Waals surface area contributed by atoms with E-state index in [1.165, 1.54) is 0 Å². The minimum absolute atomic E-state index is 0.0582. The first-order valence-corrected chi connectivity index (χ1v) is 14.7. The van der Waals surface area contributed by atoms with Crippen molar-refractivity contribution in [2.45, 2.75) is 84.7 Å². The maximum Gasteiger partial charge on any atom is 0.232 e. The van der Waals surface area contributed by atoms with Gasteiger partial charge in [-0.05, 0) is 50.6 Å². The highest BCUT2D eigenvalue weighted by atomic mass is 28.4. The first kappa shape index (κ1) is 19.9. The van der Waals surface area contributed by atoms with Gasteiger partial charge < -0.3 is 14.2 Å². The maximum atomic E-state index is 12.0. The van der Waals surface area contributed by atoms with E-state index in [0.717, 1.165) is 0 Å². The lowest BCUT2D eigenvalue weighted by Gasteiger charge is -2.48. The number of nitrogens with one attached hydrogen (secondary N) is 1. The van der Waals surface area contributed by atoms with Crippen molar-refractivity contribution < 1.29 is 13.6 Å². The molecule has 1 unspecified atom stereocenters. The van der Waals surface area contributed by atoms with E-state index >= 15 is 0 Å². The molecule has 1 rings (SSSR count). The summed E-state index contributed by atoms with van der Waals surface area (Å²) >= 11 is 0. The maximum absolute atomic E-state index is 12.0. The van der Waals surface area contributed by atoms with E-state index in [-0.39, 0.29) is 29.2 Å². The van der Waals surface area contributed by atoms with Gasteiger partial charge in [-0.15, -0.1) is 0 Å². The average molecular weight is 346 g/mol. The van der Waals surface area contributed by atoms with Crippen molar-refractivity contribution in [1.29, 1.82) is 0 Å². The van der Waals surface area contributed by atoms with Crippen molar-refractivity contribution in [3.8, 4) is 0 Å². The van der Waals surface area contributed by atoms with E-state index < -0.39 is 16.6 Å². The lowest BCUT2D eigenvalue weighted by molar-refractivity contribution is -0.151. The molecule has 0 bridgehead atoms. The van der Waals surface area contributed by atoms with Crippen LogP contribution in [-0.4, -0.2) is 34.9 Å². The van der Waals surface area contributed by atoms with Crippen LogP contribution in [0.1, 0.15) is 34.6 Å². The monoisotopic (exact) mass is 345 g/mol. The average Bonchev–Trinajstić information content (AvgIpc) is 2.24. The molecule has 4 nitrogen and oxygen atoms in total. The summed E-state index contributed by atoms with van der Waals surface area (Å²) < 4.78 is 12.6. The van der Waals surface area contributed by atoms with Crippen molar-refractivity contribution in [3.63, 3.8) is 0 Å². The van der Waals surface area contributed by atoms with E-state index in [4.69, 9.17) is 8.85 Å². The topological polar surface area (TPSA) is 47.6 Å². The summed E-state index contributed by atoms with van der Waals surface area (Å²) in [5, 5.41) is 3.04. The van der Waals surface area contributed by atoms with Gasteiger partial charge in [0.2, 0.25) is 5.91 Å². The number of hydrogen-bond acceptors (Lipinski definition) is 3. The zero-order chi connectivity index (χ0) is 17.5. The number of amides is 1.